The topological polar surface area (TPSA) is 65.3 Å². The van der Waals surface area contributed by atoms with Gasteiger partial charge in [-0.2, -0.15) is 5.11 Å². The molecule has 25 heavy (non-hydrogen) atoms. The molecule has 6 nitrogen and oxygen atoms in total. The maximum absolute atomic E-state index is 13.9. The lowest BCUT2D eigenvalue weighted by Crippen LogP contribution is -2.40. The van der Waals surface area contributed by atoms with Gasteiger partial charge in [-0.05, 0) is 42.8 Å². The summed E-state index contributed by atoms with van der Waals surface area (Å²) in [5, 5.41) is 9.53. The van der Waals surface area contributed by atoms with E-state index in [1.54, 1.807) is 37.3 Å². The zero-order valence-corrected chi connectivity index (χ0v) is 13.8. The highest BCUT2D eigenvalue weighted by Gasteiger charge is 2.55. The molecule has 2 amide bonds. The van der Waals surface area contributed by atoms with Crippen molar-refractivity contribution >= 4 is 34.8 Å². The highest BCUT2D eigenvalue weighted by Crippen LogP contribution is 2.35. The van der Waals surface area contributed by atoms with Crippen LogP contribution in [0.3, 0.4) is 0 Å². The van der Waals surface area contributed by atoms with E-state index in [0.717, 1.165) is 4.90 Å². The number of benzene rings is 2. The molecule has 0 N–H and O–H groups in total. The molecule has 4 rings (SSSR count). The maximum Gasteiger partial charge on any atom is 0.263 e. The predicted molar refractivity (Wildman–Crippen MR) is 90.0 cm³/mol. The fourth-order valence-corrected chi connectivity index (χ4v) is 3.15. The van der Waals surface area contributed by atoms with Gasteiger partial charge in [0.05, 0.1) is 11.4 Å². The summed E-state index contributed by atoms with van der Waals surface area (Å²) in [5.74, 6) is -1.36. The van der Waals surface area contributed by atoms with Crippen molar-refractivity contribution in [2.45, 2.75) is 19.0 Å². The first-order valence-electron chi connectivity index (χ1n) is 7.57. The van der Waals surface area contributed by atoms with Crippen molar-refractivity contribution in [1.82, 2.24) is 0 Å². The normalized spacial score (nSPS) is 22.0. The first-order valence-corrected chi connectivity index (χ1v) is 7.95. The Hall–Kier alpha value is -2.80. The second-order valence-electron chi connectivity index (χ2n) is 5.86. The zero-order chi connectivity index (χ0) is 17.7. The van der Waals surface area contributed by atoms with Crippen LogP contribution in [0.15, 0.2) is 52.8 Å². The van der Waals surface area contributed by atoms with Crippen LogP contribution in [0.2, 0.25) is 5.02 Å². The number of carbonyl (C=O) groups excluding carboxylic acids is 2. The number of halogens is 2. The van der Waals surface area contributed by atoms with Crippen LogP contribution < -0.4 is 9.91 Å². The van der Waals surface area contributed by atoms with Crippen LogP contribution in [-0.4, -0.2) is 23.9 Å². The monoisotopic (exact) mass is 358 g/mol. The Morgan fingerprint density at radius 3 is 2.60 bits per heavy atom. The fourth-order valence-electron chi connectivity index (χ4n) is 2.97. The SMILES string of the molecule is Cc1ccc(N2N=N[C@@H]3C(=O)N(c4cccc(Cl)c4)C(=O)[C@H]32)cc1F. The first-order chi connectivity index (χ1) is 12.0. The van der Waals surface area contributed by atoms with E-state index in [-0.39, 0.29) is 0 Å². The van der Waals surface area contributed by atoms with E-state index in [2.05, 4.69) is 10.3 Å². The smallest absolute Gasteiger partial charge is 0.263 e. The van der Waals surface area contributed by atoms with Crippen LogP contribution in [0.5, 0.6) is 0 Å². The Labute approximate surface area is 147 Å². The lowest BCUT2D eigenvalue weighted by molar-refractivity contribution is -0.121. The Morgan fingerprint density at radius 2 is 1.88 bits per heavy atom. The molecule has 0 saturated carbocycles. The summed E-state index contributed by atoms with van der Waals surface area (Å²) < 4.78 is 13.9. The molecule has 1 saturated heterocycles. The quantitative estimate of drug-likeness (QED) is 0.774. The molecule has 2 aromatic rings. The van der Waals surface area contributed by atoms with Gasteiger partial charge in [0.15, 0.2) is 12.1 Å². The summed E-state index contributed by atoms with van der Waals surface area (Å²) in [4.78, 5) is 26.5. The van der Waals surface area contributed by atoms with Crippen molar-refractivity contribution in [1.29, 1.82) is 0 Å². The average Bonchev–Trinajstić information content (AvgIpc) is 3.11. The molecule has 0 bridgehead atoms. The summed E-state index contributed by atoms with van der Waals surface area (Å²) in [6, 6.07) is 9.09. The van der Waals surface area contributed by atoms with Crippen LogP contribution in [0.25, 0.3) is 0 Å². The van der Waals surface area contributed by atoms with Gasteiger partial charge < -0.3 is 0 Å². The molecule has 2 aromatic carbocycles. The van der Waals surface area contributed by atoms with Crippen molar-refractivity contribution in [3.05, 3.63) is 58.9 Å². The van der Waals surface area contributed by atoms with Gasteiger partial charge in [0.1, 0.15) is 5.82 Å². The first kappa shape index (κ1) is 15.7. The van der Waals surface area contributed by atoms with Crippen LogP contribution in [-0.2, 0) is 9.59 Å². The molecule has 0 spiro atoms. The Bertz CT molecular complexity index is 933. The highest BCUT2D eigenvalue weighted by atomic mass is 35.5. The number of aryl methyl sites for hydroxylation is 1. The standard InChI is InChI=1S/C17H12ClFN4O2/c1-9-5-6-12(8-13(9)19)23-15-14(20-21-23)16(24)22(17(15)25)11-4-2-3-10(18)7-11/h2-8,14-15H,1H3/t14-,15-/m0/s1. The second-order valence-corrected chi connectivity index (χ2v) is 6.30. The van der Waals surface area contributed by atoms with Gasteiger partial charge in [-0.1, -0.05) is 29.0 Å². The summed E-state index contributed by atoms with van der Waals surface area (Å²) in [6.07, 6.45) is 0. The van der Waals surface area contributed by atoms with Gasteiger partial charge in [0.25, 0.3) is 11.8 Å². The molecule has 0 aliphatic carbocycles. The van der Waals surface area contributed by atoms with Gasteiger partial charge in [-0.25, -0.2) is 14.3 Å². The number of imide groups is 1. The van der Waals surface area contributed by atoms with Gasteiger partial charge in [0.2, 0.25) is 0 Å². The number of hydrogen-bond donors (Lipinski definition) is 0. The summed E-state index contributed by atoms with van der Waals surface area (Å²) in [7, 11) is 0. The number of hydrogen-bond acceptors (Lipinski definition) is 5. The second kappa shape index (κ2) is 5.63. The average molecular weight is 359 g/mol. The van der Waals surface area contributed by atoms with E-state index in [4.69, 9.17) is 11.6 Å². The molecule has 8 heteroatoms. The number of carbonyl (C=O) groups is 2. The van der Waals surface area contributed by atoms with Crippen molar-refractivity contribution in [2.75, 3.05) is 9.91 Å². The summed E-state index contributed by atoms with van der Waals surface area (Å²) >= 11 is 5.95. The molecular formula is C17H12ClFN4O2. The molecular weight excluding hydrogens is 347 g/mol. The predicted octanol–water partition coefficient (Wildman–Crippen LogP) is 3.29. The summed E-state index contributed by atoms with van der Waals surface area (Å²) in [5.41, 5.74) is 1.22. The molecule has 2 aliphatic heterocycles. The highest BCUT2D eigenvalue weighted by molar-refractivity contribution is 6.31. The Morgan fingerprint density at radius 1 is 1.08 bits per heavy atom. The van der Waals surface area contributed by atoms with E-state index in [1.165, 1.54) is 17.1 Å². The number of rotatable bonds is 2. The van der Waals surface area contributed by atoms with Gasteiger partial charge in [-0.3, -0.25) is 9.59 Å². The largest absolute Gasteiger partial charge is 0.271 e. The molecule has 2 heterocycles. The molecule has 126 valence electrons. The van der Waals surface area contributed by atoms with Crippen molar-refractivity contribution in [3.8, 4) is 0 Å². The lowest BCUT2D eigenvalue weighted by atomic mass is 10.1. The minimum absolute atomic E-state index is 0.369. The minimum atomic E-state index is -0.948. The third-order valence-corrected chi connectivity index (χ3v) is 4.50. The fraction of sp³-hybridized carbons (Fsp3) is 0.176. The van der Waals surface area contributed by atoms with Gasteiger partial charge in [0, 0.05) is 5.02 Å². The van der Waals surface area contributed by atoms with Crippen molar-refractivity contribution in [2.24, 2.45) is 10.3 Å². The Kier molecular flexibility index (Phi) is 3.54. The zero-order valence-electron chi connectivity index (χ0n) is 13.1. The van der Waals surface area contributed by atoms with E-state index < -0.39 is 29.7 Å². The third kappa shape index (κ3) is 2.39. The van der Waals surface area contributed by atoms with Crippen molar-refractivity contribution < 1.29 is 14.0 Å². The van der Waals surface area contributed by atoms with Gasteiger partial charge >= 0.3 is 0 Å². The Balaban J connectivity index is 1.71. The van der Waals surface area contributed by atoms with Crippen molar-refractivity contribution in [3.63, 3.8) is 0 Å². The van der Waals surface area contributed by atoms with E-state index in [9.17, 15) is 14.0 Å². The van der Waals surface area contributed by atoms with Crippen LogP contribution in [0, 0.1) is 12.7 Å². The van der Waals surface area contributed by atoms with Crippen LogP contribution in [0.1, 0.15) is 5.56 Å². The number of amides is 2. The molecule has 2 atom stereocenters. The number of fused-ring (bicyclic) bond motifs is 1. The molecule has 0 radical (unpaired) electrons. The van der Waals surface area contributed by atoms with E-state index in [1.807, 2.05) is 0 Å². The lowest BCUT2D eigenvalue weighted by Gasteiger charge is -2.21. The molecule has 0 aromatic heterocycles. The van der Waals surface area contributed by atoms with Crippen LogP contribution in [0.4, 0.5) is 15.8 Å². The number of nitrogens with zero attached hydrogens (tertiary/aromatic N) is 4. The minimum Gasteiger partial charge on any atom is -0.271 e. The van der Waals surface area contributed by atoms with E-state index >= 15 is 0 Å². The molecule has 0 unspecified atom stereocenters. The van der Waals surface area contributed by atoms with E-state index in [0.29, 0.717) is 22.0 Å². The number of anilines is 2. The van der Waals surface area contributed by atoms with Gasteiger partial charge in [-0.15, -0.1) is 0 Å². The summed E-state index contributed by atoms with van der Waals surface area (Å²) in [6.45, 7) is 1.64. The van der Waals surface area contributed by atoms with Crippen LogP contribution >= 0.6 is 11.6 Å². The molecule has 1 fully saturated rings. The molecule has 2 aliphatic rings. The third-order valence-electron chi connectivity index (χ3n) is 4.27. The maximum atomic E-state index is 13.9.